The zero-order chi connectivity index (χ0) is 15.6. The molecule has 0 bridgehead atoms. The first-order valence-electron chi connectivity index (χ1n) is 7.78. The molecule has 2 heterocycles. The van der Waals surface area contributed by atoms with E-state index in [0.29, 0.717) is 0 Å². The number of ether oxygens (including phenoxy) is 1. The monoisotopic (exact) mass is 292 g/mol. The van der Waals surface area contributed by atoms with Crippen LogP contribution in [0.5, 0.6) is 0 Å². The molecule has 0 radical (unpaired) electrons. The van der Waals surface area contributed by atoms with Gasteiger partial charge in [0.25, 0.3) is 0 Å². The molecule has 1 saturated heterocycles. The van der Waals surface area contributed by atoms with Crippen LogP contribution < -0.4 is 10.6 Å². The Morgan fingerprint density at radius 3 is 2.43 bits per heavy atom. The van der Waals surface area contributed by atoms with Gasteiger partial charge in [0.2, 0.25) is 0 Å². The molecule has 5 nitrogen and oxygen atoms in total. The Kier molecular flexibility index (Phi) is 4.71. The van der Waals surface area contributed by atoms with E-state index in [1.165, 1.54) is 0 Å². The number of nitrogens with one attached hydrogen (secondary N) is 2. The van der Waals surface area contributed by atoms with E-state index in [1.54, 1.807) is 0 Å². The third kappa shape index (κ3) is 3.64. The lowest BCUT2D eigenvalue weighted by Gasteiger charge is -2.25. The number of anilines is 2. The van der Waals surface area contributed by atoms with Crippen LogP contribution in [0.3, 0.4) is 0 Å². The summed E-state index contributed by atoms with van der Waals surface area (Å²) in [4.78, 5) is 9.38. The molecule has 2 rings (SSSR count). The summed E-state index contributed by atoms with van der Waals surface area (Å²) in [6.45, 7) is 11.5. The first-order valence-corrected chi connectivity index (χ1v) is 7.78. The van der Waals surface area contributed by atoms with Crippen molar-refractivity contribution in [3.63, 3.8) is 0 Å². The van der Waals surface area contributed by atoms with E-state index in [0.717, 1.165) is 42.5 Å². The van der Waals surface area contributed by atoms with Crippen molar-refractivity contribution in [3.8, 4) is 0 Å². The third-order valence-electron chi connectivity index (χ3n) is 3.94. The minimum absolute atomic E-state index is 0.0805. The third-order valence-corrected chi connectivity index (χ3v) is 3.94. The maximum absolute atomic E-state index is 5.76. The molecule has 0 spiro atoms. The molecular weight excluding hydrogens is 264 g/mol. The van der Waals surface area contributed by atoms with Gasteiger partial charge >= 0.3 is 0 Å². The van der Waals surface area contributed by atoms with Gasteiger partial charge in [0.15, 0.2) is 0 Å². The van der Waals surface area contributed by atoms with E-state index in [-0.39, 0.29) is 17.6 Å². The second-order valence-corrected chi connectivity index (χ2v) is 6.85. The van der Waals surface area contributed by atoms with Crippen LogP contribution in [0.25, 0.3) is 0 Å². The van der Waals surface area contributed by atoms with Crippen LogP contribution in [-0.2, 0) is 10.2 Å². The van der Waals surface area contributed by atoms with E-state index in [9.17, 15) is 0 Å². The van der Waals surface area contributed by atoms with Crippen LogP contribution in [0.2, 0.25) is 0 Å². The number of rotatable bonds is 4. The molecule has 2 unspecified atom stereocenters. The van der Waals surface area contributed by atoms with E-state index in [2.05, 4.69) is 43.3 Å². The second kappa shape index (κ2) is 6.18. The van der Waals surface area contributed by atoms with Crippen LogP contribution in [0.1, 0.15) is 51.9 Å². The van der Waals surface area contributed by atoms with E-state index < -0.39 is 0 Å². The Morgan fingerprint density at radius 1 is 1.24 bits per heavy atom. The molecule has 5 heteroatoms. The lowest BCUT2D eigenvalue weighted by atomic mass is 9.95. The van der Waals surface area contributed by atoms with Crippen LogP contribution in [0, 0.1) is 6.92 Å². The molecule has 1 aliphatic rings. The van der Waals surface area contributed by atoms with E-state index in [1.807, 2.05) is 14.0 Å². The lowest BCUT2D eigenvalue weighted by molar-refractivity contribution is 0.0995. The van der Waals surface area contributed by atoms with Crippen LogP contribution in [0.4, 0.5) is 11.6 Å². The normalized spacial score (nSPS) is 20.4. The van der Waals surface area contributed by atoms with Crippen LogP contribution >= 0.6 is 0 Å². The molecule has 0 aromatic carbocycles. The molecule has 2 atom stereocenters. The highest BCUT2D eigenvalue weighted by atomic mass is 16.5. The molecule has 2 N–H and O–H groups in total. The maximum atomic E-state index is 5.76. The summed E-state index contributed by atoms with van der Waals surface area (Å²) >= 11 is 0. The van der Waals surface area contributed by atoms with Crippen molar-refractivity contribution in [3.05, 3.63) is 11.4 Å². The Morgan fingerprint density at radius 2 is 1.90 bits per heavy atom. The maximum Gasteiger partial charge on any atom is 0.138 e. The summed E-state index contributed by atoms with van der Waals surface area (Å²) in [6.07, 6.45) is 2.54. The summed E-state index contributed by atoms with van der Waals surface area (Å²) in [5.41, 5.74) is 0.971. The lowest BCUT2D eigenvalue weighted by Crippen LogP contribution is -2.31. The quantitative estimate of drug-likeness (QED) is 0.893. The van der Waals surface area contributed by atoms with Gasteiger partial charge in [-0.15, -0.1) is 0 Å². The highest BCUT2D eigenvalue weighted by molar-refractivity contribution is 5.57. The second-order valence-electron chi connectivity index (χ2n) is 6.85. The molecule has 1 aromatic heterocycles. The van der Waals surface area contributed by atoms with Crippen molar-refractivity contribution in [1.29, 1.82) is 0 Å². The molecule has 1 aromatic rings. The zero-order valence-corrected chi connectivity index (χ0v) is 14.1. The average Bonchev–Trinajstić information content (AvgIpc) is 2.93. The van der Waals surface area contributed by atoms with Gasteiger partial charge in [0.1, 0.15) is 17.5 Å². The van der Waals surface area contributed by atoms with Gasteiger partial charge in [0.05, 0.1) is 12.1 Å². The first kappa shape index (κ1) is 16.0. The Bertz CT molecular complexity index is 490. The molecule has 0 aliphatic carbocycles. The molecule has 118 valence electrons. The Labute approximate surface area is 127 Å². The molecular formula is C16H28N4O. The SMILES string of the molecule is CNc1nc(C(C)(C)C)nc(NC(C)C2CCCO2)c1C. The minimum atomic E-state index is -0.0805. The summed E-state index contributed by atoms with van der Waals surface area (Å²) in [5.74, 6) is 2.64. The fourth-order valence-electron chi connectivity index (χ4n) is 2.54. The predicted molar refractivity (Wildman–Crippen MR) is 87.1 cm³/mol. The standard InChI is InChI=1S/C16H28N4O/c1-10-13(17-6)19-15(16(3,4)5)20-14(10)18-11(2)12-8-7-9-21-12/h11-12H,7-9H2,1-6H3,(H2,17,18,19,20). The number of hydrogen-bond donors (Lipinski definition) is 2. The van der Waals surface area contributed by atoms with Crippen molar-refractivity contribution in [2.75, 3.05) is 24.3 Å². The van der Waals surface area contributed by atoms with E-state index >= 15 is 0 Å². The van der Waals surface area contributed by atoms with Crippen LogP contribution in [-0.4, -0.2) is 35.8 Å². The van der Waals surface area contributed by atoms with Gasteiger partial charge in [-0.25, -0.2) is 9.97 Å². The molecule has 1 fully saturated rings. The average molecular weight is 292 g/mol. The largest absolute Gasteiger partial charge is 0.376 e. The highest BCUT2D eigenvalue weighted by Gasteiger charge is 2.25. The van der Waals surface area contributed by atoms with Gasteiger partial charge in [-0.1, -0.05) is 20.8 Å². The summed E-state index contributed by atoms with van der Waals surface area (Å²) in [5, 5.41) is 6.69. The first-order chi connectivity index (χ1) is 9.82. The van der Waals surface area contributed by atoms with Crippen molar-refractivity contribution >= 4 is 11.6 Å². The van der Waals surface area contributed by atoms with Gasteiger partial charge in [-0.2, -0.15) is 0 Å². The van der Waals surface area contributed by atoms with Gasteiger partial charge in [-0.3, -0.25) is 0 Å². The molecule has 0 saturated carbocycles. The number of hydrogen-bond acceptors (Lipinski definition) is 5. The smallest absolute Gasteiger partial charge is 0.138 e. The predicted octanol–water partition coefficient (Wildman–Crippen LogP) is 3.10. The van der Waals surface area contributed by atoms with Crippen molar-refractivity contribution in [1.82, 2.24) is 9.97 Å². The number of aromatic nitrogens is 2. The van der Waals surface area contributed by atoms with Crippen LogP contribution in [0.15, 0.2) is 0 Å². The summed E-state index contributed by atoms with van der Waals surface area (Å²) < 4.78 is 5.76. The minimum Gasteiger partial charge on any atom is -0.376 e. The highest BCUT2D eigenvalue weighted by Crippen LogP contribution is 2.27. The topological polar surface area (TPSA) is 59.1 Å². The molecule has 21 heavy (non-hydrogen) atoms. The summed E-state index contributed by atoms with van der Waals surface area (Å²) in [7, 11) is 1.90. The van der Waals surface area contributed by atoms with Crippen molar-refractivity contribution in [2.24, 2.45) is 0 Å². The van der Waals surface area contributed by atoms with Gasteiger partial charge in [-0.05, 0) is 26.7 Å². The van der Waals surface area contributed by atoms with Gasteiger partial charge in [0, 0.05) is 24.6 Å². The molecule has 1 aliphatic heterocycles. The zero-order valence-electron chi connectivity index (χ0n) is 14.1. The van der Waals surface area contributed by atoms with E-state index in [4.69, 9.17) is 9.72 Å². The summed E-state index contributed by atoms with van der Waals surface area (Å²) in [6, 6.07) is 0.249. The Hall–Kier alpha value is -1.36. The number of nitrogens with zero attached hydrogens (tertiary/aromatic N) is 2. The fraction of sp³-hybridized carbons (Fsp3) is 0.750. The van der Waals surface area contributed by atoms with Crippen molar-refractivity contribution in [2.45, 2.75) is 65.0 Å². The van der Waals surface area contributed by atoms with Crippen molar-refractivity contribution < 1.29 is 4.74 Å². The molecule has 0 amide bonds. The Balaban J connectivity index is 2.28. The van der Waals surface area contributed by atoms with Gasteiger partial charge < -0.3 is 15.4 Å². The fourth-order valence-corrected chi connectivity index (χ4v) is 2.54.